The Bertz CT molecular complexity index is 410. The fourth-order valence-electron chi connectivity index (χ4n) is 1.62. The SMILES string of the molecule is CC(C)Oc1cccc(C(=O)NCCCOCCBr)c1. The van der Waals surface area contributed by atoms with E-state index >= 15 is 0 Å². The van der Waals surface area contributed by atoms with E-state index < -0.39 is 0 Å². The number of halogens is 1. The normalized spacial score (nSPS) is 10.6. The van der Waals surface area contributed by atoms with Gasteiger partial charge in [-0.15, -0.1) is 0 Å². The first-order chi connectivity index (χ1) is 9.63. The molecule has 1 aromatic carbocycles. The van der Waals surface area contributed by atoms with Gasteiger partial charge in [0.15, 0.2) is 0 Å². The van der Waals surface area contributed by atoms with E-state index in [2.05, 4.69) is 21.2 Å². The Hall–Kier alpha value is -1.07. The third-order valence-corrected chi connectivity index (χ3v) is 2.76. The summed E-state index contributed by atoms with van der Waals surface area (Å²) < 4.78 is 10.9. The molecular formula is C15H22BrNO3. The van der Waals surface area contributed by atoms with Gasteiger partial charge in [-0.2, -0.15) is 0 Å². The highest BCUT2D eigenvalue weighted by Gasteiger charge is 2.06. The molecule has 0 aromatic heterocycles. The number of hydrogen-bond donors (Lipinski definition) is 1. The molecule has 0 radical (unpaired) electrons. The molecule has 0 heterocycles. The highest BCUT2D eigenvalue weighted by atomic mass is 79.9. The highest BCUT2D eigenvalue weighted by Crippen LogP contribution is 2.14. The van der Waals surface area contributed by atoms with E-state index in [1.54, 1.807) is 12.1 Å². The fourth-order valence-corrected chi connectivity index (χ4v) is 1.85. The summed E-state index contributed by atoms with van der Waals surface area (Å²) in [7, 11) is 0. The smallest absolute Gasteiger partial charge is 0.251 e. The van der Waals surface area contributed by atoms with E-state index in [-0.39, 0.29) is 12.0 Å². The summed E-state index contributed by atoms with van der Waals surface area (Å²) in [6.07, 6.45) is 0.904. The van der Waals surface area contributed by atoms with Gasteiger partial charge in [0, 0.05) is 24.0 Å². The second-order valence-corrected chi connectivity index (χ2v) is 5.40. The predicted octanol–water partition coefficient (Wildman–Crippen LogP) is 3.01. The van der Waals surface area contributed by atoms with Crippen molar-refractivity contribution in [1.29, 1.82) is 0 Å². The first kappa shape index (κ1) is 17.0. The summed E-state index contributed by atoms with van der Waals surface area (Å²) in [5, 5.41) is 3.71. The monoisotopic (exact) mass is 343 g/mol. The van der Waals surface area contributed by atoms with Crippen molar-refractivity contribution in [2.75, 3.05) is 25.1 Å². The Balaban J connectivity index is 2.35. The number of ether oxygens (including phenoxy) is 2. The predicted molar refractivity (Wildman–Crippen MR) is 83.8 cm³/mol. The van der Waals surface area contributed by atoms with Crippen LogP contribution in [-0.4, -0.2) is 37.1 Å². The standard InChI is InChI=1S/C15H22BrNO3/c1-12(2)20-14-6-3-5-13(11-14)15(18)17-8-4-9-19-10-7-16/h3,5-6,11-12H,4,7-10H2,1-2H3,(H,17,18). The van der Waals surface area contributed by atoms with Crippen molar-refractivity contribution in [3.63, 3.8) is 0 Å². The molecule has 0 bridgehead atoms. The van der Waals surface area contributed by atoms with Crippen LogP contribution in [0.4, 0.5) is 0 Å². The molecule has 0 aliphatic heterocycles. The van der Waals surface area contributed by atoms with Gasteiger partial charge in [-0.1, -0.05) is 22.0 Å². The fraction of sp³-hybridized carbons (Fsp3) is 0.533. The molecule has 112 valence electrons. The van der Waals surface area contributed by atoms with Crippen molar-refractivity contribution >= 4 is 21.8 Å². The molecule has 0 fully saturated rings. The average molecular weight is 344 g/mol. The Morgan fingerprint density at radius 2 is 2.15 bits per heavy atom. The minimum atomic E-state index is -0.0836. The molecular weight excluding hydrogens is 322 g/mol. The number of hydrogen-bond acceptors (Lipinski definition) is 3. The molecule has 0 atom stereocenters. The van der Waals surface area contributed by atoms with Crippen LogP contribution in [0.5, 0.6) is 5.75 Å². The van der Waals surface area contributed by atoms with Crippen molar-refractivity contribution in [3.05, 3.63) is 29.8 Å². The number of benzene rings is 1. The third kappa shape index (κ3) is 6.91. The van der Waals surface area contributed by atoms with Crippen LogP contribution in [0.2, 0.25) is 0 Å². The lowest BCUT2D eigenvalue weighted by Gasteiger charge is -2.11. The van der Waals surface area contributed by atoms with Crippen LogP contribution >= 0.6 is 15.9 Å². The molecule has 1 rings (SSSR count). The molecule has 0 unspecified atom stereocenters. The van der Waals surface area contributed by atoms with Crippen molar-refractivity contribution in [2.24, 2.45) is 0 Å². The molecule has 0 spiro atoms. The van der Waals surface area contributed by atoms with Crippen molar-refractivity contribution in [2.45, 2.75) is 26.4 Å². The first-order valence-electron chi connectivity index (χ1n) is 6.82. The van der Waals surface area contributed by atoms with Crippen molar-refractivity contribution in [3.8, 4) is 5.75 Å². The molecule has 1 aromatic rings. The average Bonchev–Trinajstić information content (AvgIpc) is 2.42. The van der Waals surface area contributed by atoms with E-state index in [0.29, 0.717) is 31.1 Å². The minimum Gasteiger partial charge on any atom is -0.491 e. The van der Waals surface area contributed by atoms with Gasteiger partial charge >= 0.3 is 0 Å². The van der Waals surface area contributed by atoms with E-state index in [0.717, 1.165) is 11.8 Å². The third-order valence-electron chi connectivity index (χ3n) is 2.44. The molecule has 1 N–H and O–H groups in total. The molecule has 4 nitrogen and oxygen atoms in total. The molecule has 0 aliphatic carbocycles. The number of amides is 1. The van der Waals surface area contributed by atoms with Crippen LogP contribution in [0, 0.1) is 0 Å². The van der Waals surface area contributed by atoms with Crippen LogP contribution in [-0.2, 0) is 4.74 Å². The molecule has 0 saturated heterocycles. The highest BCUT2D eigenvalue weighted by molar-refractivity contribution is 9.09. The summed E-state index contributed by atoms with van der Waals surface area (Å²) in [4.78, 5) is 12.0. The van der Waals surface area contributed by atoms with Crippen LogP contribution in [0.1, 0.15) is 30.6 Å². The van der Waals surface area contributed by atoms with Crippen LogP contribution < -0.4 is 10.1 Å². The second-order valence-electron chi connectivity index (χ2n) is 4.61. The number of alkyl halides is 1. The summed E-state index contributed by atoms with van der Waals surface area (Å²) in [5.74, 6) is 0.632. The second kappa shape index (κ2) is 9.77. The zero-order chi connectivity index (χ0) is 14.8. The van der Waals surface area contributed by atoms with Gasteiger partial charge in [0.25, 0.3) is 5.91 Å². The lowest BCUT2D eigenvalue weighted by Crippen LogP contribution is -2.25. The maximum Gasteiger partial charge on any atom is 0.251 e. The van der Waals surface area contributed by atoms with E-state index in [9.17, 15) is 4.79 Å². The summed E-state index contributed by atoms with van der Waals surface area (Å²) in [5.41, 5.74) is 0.615. The maximum absolute atomic E-state index is 12.0. The van der Waals surface area contributed by atoms with Crippen LogP contribution in [0.15, 0.2) is 24.3 Å². The number of rotatable bonds is 9. The first-order valence-corrected chi connectivity index (χ1v) is 7.94. The molecule has 5 heteroatoms. The minimum absolute atomic E-state index is 0.0836. The zero-order valence-electron chi connectivity index (χ0n) is 12.0. The van der Waals surface area contributed by atoms with Crippen molar-refractivity contribution < 1.29 is 14.3 Å². The van der Waals surface area contributed by atoms with Gasteiger partial charge in [-0.05, 0) is 38.5 Å². The summed E-state index contributed by atoms with van der Waals surface area (Å²) >= 11 is 3.29. The largest absolute Gasteiger partial charge is 0.491 e. The lowest BCUT2D eigenvalue weighted by molar-refractivity contribution is 0.0944. The summed E-state index contributed by atoms with van der Waals surface area (Å²) in [6, 6.07) is 7.22. The van der Waals surface area contributed by atoms with E-state index in [1.165, 1.54) is 0 Å². The van der Waals surface area contributed by atoms with Crippen LogP contribution in [0.25, 0.3) is 0 Å². The molecule has 0 aliphatic rings. The number of nitrogens with one attached hydrogen (secondary N) is 1. The van der Waals surface area contributed by atoms with E-state index in [4.69, 9.17) is 9.47 Å². The summed E-state index contributed by atoms with van der Waals surface area (Å²) in [6.45, 7) is 5.88. The van der Waals surface area contributed by atoms with Gasteiger partial charge in [-0.25, -0.2) is 0 Å². The zero-order valence-corrected chi connectivity index (χ0v) is 13.6. The van der Waals surface area contributed by atoms with Gasteiger partial charge < -0.3 is 14.8 Å². The van der Waals surface area contributed by atoms with Gasteiger partial charge in [0.05, 0.1) is 12.7 Å². The molecule has 20 heavy (non-hydrogen) atoms. The van der Waals surface area contributed by atoms with Gasteiger partial charge in [-0.3, -0.25) is 4.79 Å². The van der Waals surface area contributed by atoms with Gasteiger partial charge in [0.1, 0.15) is 5.75 Å². The Labute approximate surface area is 129 Å². The maximum atomic E-state index is 12.0. The Morgan fingerprint density at radius 1 is 1.35 bits per heavy atom. The number of carbonyl (C=O) groups is 1. The Kier molecular flexibility index (Phi) is 8.30. The topological polar surface area (TPSA) is 47.6 Å². The van der Waals surface area contributed by atoms with Gasteiger partial charge in [0.2, 0.25) is 0 Å². The Morgan fingerprint density at radius 3 is 2.85 bits per heavy atom. The number of carbonyl (C=O) groups excluding carboxylic acids is 1. The van der Waals surface area contributed by atoms with Crippen LogP contribution in [0.3, 0.4) is 0 Å². The molecule has 0 saturated carbocycles. The van der Waals surface area contributed by atoms with Crippen molar-refractivity contribution in [1.82, 2.24) is 5.32 Å². The quantitative estimate of drug-likeness (QED) is 0.553. The lowest BCUT2D eigenvalue weighted by atomic mass is 10.2. The van der Waals surface area contributed by atoms with E-state index in [1.807, 2.05) is 26.0 Å². The molecule has 1 amide bonds.